The van der Waals surface area contributed by atoms with E-state index in [9.17, 15) is 4.79 Å². The van der Waals surface area contributed by atoms with Gasteiger partial charge in [0.1, 0.15) is 0 Å². The fourth-order valence-corrected chi connectivity index (χ4v) is 3.97. The van der Waals surface area contributed by atoms with Crippen LogP contribution in [-0.2, 0) is 14.3 Å². The van der Waals surface area contributed by atoms with Crippen molar-refractivity contribution in [3.63, 3.8) is 0 Å². The van der Waals surface area contributed by atoms with Crippen molar-refractivity contribution >= 4 is 14.0 Å². The molecule has 0 amide bonds. The molecule has 0 rings (SSSR count). The van der Waals surface area contributed by atoms with Gasteiger partial charge in [0.2, 0.25) is 0 Å². The highest BCUT2D eigenvalue weighted by Crippen LogP contribution is 2.19. The third-order valence-electron chi connectivity index (χ3n) is 2.94. The molecule has 0 bridgehead atoms. The Morgan fingerprint density at radius 3 is 2.28 bits per heavy atom. The Bertz CT molecular complexity index is 219. The molecule has 0 unspecified atom stereocenters. The van der Waals surface area contributed by atoms with Crippen LogP contribution in [0.15, 0.2) is 0 Å². The molecule has 0 saturated carbocycles. The molecule has 5 heteroatoms. The monoisotopic (exact) mass is 276 g/mol. The average Bonchev–Trinajstić information content (AvgIpc) is 2.30. The van der Waals surface area contributed by atoms with Crippen LogP contribution in [0.2, 0.25) is 25.2 Å². The SMILES string of the molecule is CCOCCCOCCC[Si](C)(C)CCC(=O)O. The summed E-state index contributed by atoms with van der Waals surface area (Å²) >= 11 is 0. The predicted octanol–water partition coefficient (Wildman–Crippen LogP) is 3.00. The van der Waals surface area contributed by atoms with E-state index in [-0.39, 0.29) is 0 Å². The summed E-state index contributed by atoms with van der Waals surface area (Å²) in [6, 6.07) is 2.01. The van der Waals surface area contributed by atoms with Crippen LogP contribution in [0.25, 0.3) is 0 Å². The fraction of sp³-hybridized carbons (Fsp3) is 0.923. The normalized spacial score (nSPS) is 11.7. The van der Waals surface area contributed by atoms with Crippen molar-refractivity contribution in [1.82, 2.24) is 0 Å². The molecular formula is C13H28O4Si. The topological polar surface area (TPSA) is 55.8 Å². The molecule has 0 fully saturated rings. The van der Waals surface area contributed by atoms with Gasteiger partial charge in [-0.25, -0.2) is 0 Å². The van der Waals surface area contributed by atoms with Crippen molar-refractivity contribution in [2.45, 2.75) is 51.4 Å². The van der Waals surface area contributed by atoms with Gasteiger partial charge < -0.3 is 14.6 Å². The molecule has 4 nitrogen and oxygen atoms in total. The van der Waals surface area contributed by atoms with Gasteiger partial charge in [-0.2, -0.15) is 0 Å². The van der Waals surface area contributed by atoms with Crippen LogP contribution in [-0.4, -0.2) is 45.6 Å². The zero-order valence-electron chi connectivity index (χ0n) is 12.0. The maximum Gasteiger partial charge on any atom is 0.303 e. The molecule has 0 atom stereocenters. The first-order valence-electron chi connectivity index (χ1n) is 6.85. The first kappa shape index (κ1) is 17.6. The third-order valence-corrected chi connectivity index (χ3v) is 6.25. The first-order valence-corrected chi connectivity index (χ1v) is 10.3. The van der Waals surface area contributed by atoms with E-state index in [2.05, 4.69) is 13.1 Å². The molecule has 0 aromatic heterocycles. The quantitative estimate of drug-likeness (QED) is 0.440. The highest BCUT2D eigenvalue weighted by atomic mass is 28.3. The van der Waals surface area contributed by atoms with Gasteiger partial charge in [-0.05, 0) is 25.8 Å². The third kappa shape index (κ3) is 12.1. The van der Waals surface area contributed by atoms with Crippen molar-refractivity contribution in [2.75, 3.05) is 26.4 Å². The lowest BCUT2D eigenvalue weighted by molar-refractivity contribution is -0.136. The highest BCUT2D eigenvalue weighted by Gasteiger charge is 2.20. The molecule has 0 spiro atoms. The molecular weight excluding hydrogens is 248 g/mol. The smallest absolute Gasteiger partial charge is 0.303 e. The molecule has 1 N–H and O–H groups in total. The van der Waals surface area contributed by atoms with Gasteiger partial charge in [-0.3, -0.25) is 4.79 Å². The Morgan fingerprint density at radius 1 is 1.06 bits per heavy atom. The van der Waals surface area contributed by atoms with E-state index >= 15 is 0 Å². The summed E-state index contributed by atoms with van der Waals surface area (Å²) in [5.41, 5.74) is 0. The minimum Gasteiger partial charge on any atom is -0.481 e. The number of hydrogen-bond acceptors (Lipinski definition) is 3. The lowest BCUT2D eigenvalue weighted by Crippen LogP contribution is -2.26. The Kier molecular flexibility index (Phi) is 10.3. The number of aliphatic carboxylic acids is 1. The summed E-state index contributed by atoms with van der Waals surface area (Å²) in [5.74, 6) is -0.678. The summed E-state index contributed by atoms with van der Waals surface area (Å²) in [4.78, 5) is 10.5. The second-order valence-corrected chi connectivity index (χ2v) is 10.7. The van der Waals surface area contributed by atoms with E-state index in [0.717, 1.165) is 51.4 Å². The Morgan fingerprint density at radius 2 is 1.67 bits per heavy atom. The fourth-order valence-electron chi connectivity index (χ4n) is 1.73. The number of carbonyl (C=O) groups is 1. The van der Waals surface area contributed by atoms with Gasteiger partial charge in [0.05, 0.1) is 0 Å². The van der Waals surface area contributed by atoms with Gasteiger partial charge in [0.15, 0.2) is 0 Å². The van der Waals surface area contributed by atoms with Gasteiger partial charge in [0.25, 0.3) is 0 Å². The van der Waals surface area contributed by atoms with Crippen LogP contribution >= 0.6 is 0 Å². The molecule has 18 heavy (non-hydrogen) atoms. The number of ether oxygens (including phenoxy) is 2. The first-order chi connectivity index (χ1) is 8.48. The standard InChI is InChI=1S/C13H28O4Si/c1-4-16-8-5-9-17-10-6-11-18(2,3)12-7-13(14)15/h4-12H2,1-3H3,(H,14,15). The largest absolute Gasteiger partial charge is 0.481 e. The predicted molar refractivity (Wildman–Crippen MR) is 75.9 cm³/mol. The van der Waals surface area contributed by atoms with Crippen molar-refractivity contribution in [3.8, 4) is 0 Å². The number of hydrogen-bond donors (Lipinski definition) is 1. The molecule has 0 aliphatic carbocycles. The Labute approximate surface area is 112 Å². The Hall–Kier alpha value is -0.393. The maximum atomic E-state index is 10.5. The summed E-state index contributed by atoms with van der Waals surface area (Å²) in [6.45, 7) is 9.59. The van der Waals surface area contributed by atoms with Crippen molar-refractivity contribution in [3.05, 3.63) is 0 Å². The molecule has 0 saturated heterocycles. The molecule has 108 valence electrons. The Balaban J connectivity index is 3.38. The van der Waals surface area contributed by atoms with E-state index < -0.39 is 14.0 Å². The molecule has 0 heterocycles. The van der Waals surface area contributed by atoms with Gasteiger partial charge >= 0.3 is 5.97 Å². The summed E-state index contributed by atoms with van der Waals surface area (Å²) in [7, 11) is -1.33. The number of carboxylic acid groups (broad SMARTS) is 1. The van der Waals surface area contributed by atoms with Gasteiger partial charge in [-0.1, -0.05) is 19.1 Å². The summed E-state index contributed by atoms with van der Waals surface area (Å²) in [6.07, 6.45) is 2.32. The second kappa shape index (κ2) is 10.5. The highest BCUT2D eigenvalue weighted by molar-refractivity contribution is 6.77. The van der Waals surface area contributed by atoms with E-state index in [0.29, 0.717) is 6.42 Å². The maximum absolute atomic E-state index is 10.5. The molecule has 0 aromatic carbocycles. The van der Waals surface area contributed by atoms with Crippen LogP contribution in [0.4, 0.5) is 0 Å². The molecule has 0 aliphatic rings. The molecule has 0 radical (unpaired) electrons. The van der Waals surface area contributed by atoms with Crippen LogP contribution in [0, 0.1) is 0 Å². The lowest BCUT2D eigenvalue weighted by Gasteiger charge is -2.21. The minimum absolute atomic E-state index is 0.314. The average molecular weight is 276 g/mol. The van der Waals surface area contributed by atoms with E-state index in [1.54, 1.807) is 0 Å². The number of rotatable bonds is 12. The van der Waals surface area contributed by atoms with Crippen LogP contribution in [0.5, 0.6) is 0 Å². The van der Waals surface area contributed by atoms with Crippen LogP contribution in [0.3, 0.4) is 0 Å². The van der Waals surface area contributed by atoms with E-state index in [4.69, 9.17) is 14.6 Å². The van der Waals surface area contributed by atoms with Crippen molar-refractivity contribution in [1.29, 1.82) is 0 Å². The van der Waals surface area contributed by atoms with E-state index in [1.165, 1.54) is 0 Å². The summed E-state index contributed by atoms with van der Waals surface area (Å²) < 4.78 is 10.7. The second-order valence-electron chi connectivity index (χ2n) is 5.32. The van der Waals surface area contributed by atoms with Crippen molar-refractivity contribution in [2.24, 2.45) is 0 Å². The zero-order chi connectivity index (χ0) is 13.9. The van der Waals surface area contributed by atoms with Crippen molar-refractivity contribution < 1.29 is 19.4 Å². The molecule has 0 aliphatic heterocycles. The summed E-state index contributed by atoms with van der Waals surface area (Å²) in [5, 5.41) is 8.67. The van der Waals surface area contributed by atoms with Crippen LogP contribution in [0.1, 0.15) is 26.2 Å². The van der Waals surface area contributed by atoms with Gasteiger partial charge in [-0.15, -0.1) is 0 Å². The van der Waals surface area contributed by atoms with Crippen LogP contribution < -0.4 is 0 Å². The number of carboxylic acids is 1. The molecule has 0 aromatic rings. The zero-order valence-corrected chi connectivity index (χ0v) is 13.0. The lowest BCUT2D eigenvalue weighted by atomic mass is 10.5. The van der Waals surface area contributed by atoms with Gasteiger partial charge in [0, 0.05) is 40.9 Å². The minimum atomic E-state index is -1.33. The van der Waals surface area contributed by atoms with E-state index in [1.807, 2.05) is 6.92 Å².